The van der Waals surface area contributed by atoms with Crippen molar-refractivity contribution in [1.82, 2.24) is 4.31 Å². The maximum atomic E-state index is 12.5. The summed E-state index contributed by atoms with van der Waals surface area (Å²) in [4.78, 5) is 1.03. The van der Waals surface area contributed by atoms with E-state index in [1.165, 1.54) is 11.9 Å². The van der Waals surface area contributed by atoms with Gasteiger partial charge in [-0.15, -0.1) is 0 Å². The number of benzene rings is 1. The molecule has 1 fully saturated rings. The van der Waals surface area contributed by atoms with E-state index in [-0.39, 0.29) is 13.1 Å². The van der Waals surface area contributed by atoms with E-state index in [0.717, 1.165) is 10.5 Å². The van der Waals surface area contributed by atoms with Gasteiger partial charge in [0.05, 0.1) is 13.1 Å². The molecular formula is C12H17F2NS. The summed E-state index contributed by atoms with van der Waals surface area (Å²) >= 11 is 1.40. The lowest BCUT2D eigenvalue weighted by Gasteiger charge is -2.37. The zero-order valence-corrected chi connectivity index (χ0v) is 10.7. The summed E-state index contributed by atoms with van der Waals surface area (Å²) in [6, 6.07) is 7.87. The minimum absolute atomic E-state index is 0.133. The van der Waals surface area contributed by atoms with E-state index in [9.17, 15) is 8.78 Å². The van der Waals surface area contributed by atoms with Crippen LogP contribution in [-0.2, 0) is 0 Å². The molecule has 1 nitrogen and oxygen atoms in total. The zero-order valence-electron chi connectivity index (χ0n) is 9.84. The molecule has 1 aromatic rings. The second-order valence-corrected chi connectivity index (χ2v) is 4.73. The van der Waals surface area contributed by atoms with E-state index in [4.69, 9.17) is 0 Å². The van der Waals surface area contributed by atoms with Crippen LogP contribution in [0.1, 0.15) is 19.4 Å². The van der Waals surface area contributed by atoms with Crippen LogP contribution in [0.25, 0.3) is 0 Å². The first-order valence-electron chi connectivity index (χ1n) is 5.43. The molecule has 16 heavy (non-hydrogen) atoms. The van der Waals surface area contributed by atoms with Gasteiger partial charge >= 0.3 is 0 Å². The highest BCUT2D eigenvalue weighted by Gasteiger charge is 2.44. The molecule has 0 aromatic heterocycles. The predicted molar refractivity (Wildman–Crippen MR) is 64.9 cm³/mol. The summed E-state index contributed by atoms with van der Waals surface area (Å²) < 4.78 is 26.7. The quantitative estimate of drug-likeness (QED) is 0.725. The third kappa shape index (κ3) is 3.76. The molecular weight excluding hydrogens is 228 g/mol. The van der Waals surface area contributed by atoms with Crippen LogP contribution in [0.3, 0.4) is 0 Å². The molecule has 0 radical (unpaired) electrons. The summed E-state index contributed by atoms with van der Waals surface area (Å²) in [7, 11) is 0. The molecule has 0 unspecified atom stereocenters. The molecule has 0 saturated carbocycles. The fourth-order valence-electron chi connectivity index (χ4n) is 1.36. The number of alkyl halides is 2. The van der Waals surface area contributed by atoms with Gasteiger partial charge in [0, 0.05) is 4.90 Å². The SMILES string of the molecule is CC.Cc1cccc(SN2CC(F)(F)C2)c1. The number of hydrogen-bond acceptors (Lipinski definition) is 2. The Morgan fingerprint density at radius 3 is 2.38 bits per heavy atom. The van der Waals surface area contributed by atoms with Crippen LogP contribution >= 0.6 is 11.9 Å². The number of hydrogen-bond donors (Lipinski definition) is 0. The Balaban J connectivity index is 0.000000606. The van der Waals surface area contributed by atoms with Crippen LogP contribution in [-0.4, -0.2) is 23.3 Å². The Kier molecular flexibility index (Phi) is 4.74. The van der Waals surface area contributed by atoms with Crippen molar-refractivity contribution >= 4 is 11.9 Å². The predicted octanol–water partition coefficient (Wildman–Crippen LogP) is 3.98. The van der Waals surface area contributed by atoms with E-state index in [2.05, 4.69) is 0 Å². The van der Waals surface area contributed by atoms with Crippen molar-refractivity contribution < 1.29 is 8.78 Å². The smallest absolute Gasteiger partial charge is 0.234 e. The molecule has 0 spiro atoms. The summed E-state index contributed by atoms with van der Waals surface area (Å²) in [5, 5.41) is 0. The summed E-state index contributed by atoms with van der Waals surface area (Å²) in [5.74, 6) is -2.48. The molecule has 0 atom stereocenters. The summed E-state index contributed by atoms with van der Waals surface area (Å²) in [6.45, 7) is 5.73. The lowest BCUT2D eigenvalue weighted by molar-refractivity contribution is -0.0905. The first-order valence-corrected chi connectivity index (χ1v) is 6.20. The molecule has 1 aliphatic rings. The van der Waals surface area contributed by atoms with Crippen molar-refractivity contribution in [1.29, 1.82) is 0 Å². The van der Waals surface area contributed by atoms with Crippen molar-refractivity contribution in [3.05, 3.63) is 29.8 Å². The van der Waals surface area contributed by atoms with Gasteiger partial charge in [-0.1, -0.05) is 26.0 Å². The molecule has 1 aromatic carbocycles. The van der Waals surface area contributed by atoms with Crippen LogP contribution in [0.5, 0.6) is 0 Å². The molecule has 2 rings (SSSR count). The van der Waals surface area contributed by atoms with Gasteiger partial charge in [0.25, 0.3) is 5.92 Å². The number of aryl methyl sites for hydroxylation is 1. The van der Waals surface area contributed by atoms with Gasteiger partial charge in [-0.3, -0.25) is 0 Å². The Bertz CT molecular complexity index is 334. The topological polar surface area (TPSA) is 3.24 Å². The lowest BCUT2D eigenvalue weighted by atomic mass is 10.2. The maximum Gasteiger partial charge on any atom is 0.274 e. The molecule has 0 N–H and O–H groups in total. The largest absolute Gasteiger partial charge is 0.274 e. The fraction of sp³-hybridized carbons (Fsp3) is 0.500. The van der Waals surface area contributed by atoms with Gasteiger partial charge < -0.3 is 0 Å². The molecule has 1 heterocycles. The van der Waals surface area contributed by atoms with Crippen LogP contribution < -0.4 is 0 Å². The third-order valence-corrected chi connectivity index (χ3v) is 3.02. The van der Waals surface area contributed by atoms with Crippen molar-refractivity contribution in [2.75, 3.05) is 13.1 Å². The van der Waals surface area contributed by atoms with Crippen LogP contribution in [0.2, 0.25) is 0 Å². The van der Waals surface area contributed by atoms with E-state index in [0.29, 0.717) is 0 Å². The molecule has 0 bridgehead atoms. The highest BCUT2D eigenvalue weighted by molar-refractivity contribution is 7.97. The first kappa shape index (κ1) is 13.5. The Labute approximate surface area is 100.0 Å². The lowest BCUT2D eigenvalue weighted by Crippen LogP contribution is -2.52. The second-order valence-electron chi connectivity index (χ2n) is 3.56. The Morgan fingerprint density at radius 1 is 1.25 bits per heavy atom. The van der Waals surface area contributed by atoms with Crippen LogP contribution in [0.4, 0.5) is 8.78 Å². The molecule has 0 amide bonds. The van der Waals surface area contributed by atoms with Gasteiger partial charge in [-0.2, -0.15) is 0 Å². The highest BCUT2D eigenvalue weighted by Crippen LogP contribution is 2.35. The Morgan fingerprint density at radius 2 is 1.88 bits per heavy atom. The molecule has 90 valence electrons. The monoisotopic (exact) mass is 245 g/mol. The van der Waals surface area contributed by atoms with Crippen LogP contribution in [0.15, 0.2) is 29.2 Å². The summed E-state index contributed by atoms with van der Waals surface area (Å²) in [6.07, 6.45) is 0. The number of halogens is 2. The van der Waals surface area contributed by atoms with Crippen LogP contribution in [0, 0.1) is 6.92 Å². The van der Waals surface area contributed by atoms with E-state index in [1.54, 1.807) is 4.31 Å². The van der Waals surface area contributed by atoms with Gasteiger partial charge in [0.15, 0.2) is 0 Å². The van der Waals surface area contributed by atoms with Gasteiger partial charge in [0.1, 0.15) is 0 Å². The van der Waals surface area contributed by atoms with E-state index >= 15 is 0 Å². The second kappa shape index (κ2) is 5.64. The maximum absolute atomic E-state index is 12.5. The fourth-order valence-corrected chi connectivity index (χ4v) is 2.54. The van der Waals surface area contributed by atoms with E-state index in [1.807, 2.05) is 45.0 Å². The molecule has 1 saturated heterocycles. The average molecular weight is 245 g/mol. The minimum atomic E-state index is -2.48. The van der Waals surface area contributed by atoms with Crippen molar-refractivity contribution in [3.63, 3.8) is 0 Å². The molecule has 1 aliphatic heterocycles. The van der Waals surface area contributed by atoms with E-state index < -0.39 is 5.92 Å². The summed E-state index contributed by atoms with van der Waals surface area (Å²) in [5.41, 5.74) is 1.15. The number of rotatable bonds is 2. The van der Waals surface area contributed by atoms with Crippen molar-refractivity contribution in [3.8, 4) is 0 Å². The van der Waals surface area contributed by atoms with Crippen molar-refractivity contribution in [2.24, 2.45) is 0 Å². The van der Waals surface area contributed by atoms with Crippen molar-refractivity contribution in [2.45, 2.75) is 31.6 Å². The van der Waals surface area contributed by atoms with Gasteiger partial charge in [-0.25, -0.2) is 13.1 Å². The zero-order chi connectivity index (χ0) is 12.2. The normalized spacial score (nSPS) is 18.3. The minimum Gasteiger partial charge on any atom is -0.234 e. The van der Waals surface area contributed by atoms with Gasteiger partial charge in [0.2, 0.25) is 0 Å². The average Bonchev–Trinajstić information content (AvgIpc) is 2.18. The van der Waals surface area contributed by atoms with Gasteiger partial charge in [-0.05, 0) is 36.6 Å². The molecule has 0 aliphatic carbocycles. The first-order chi connectivity index (χ1) is 7.55. The molecule has 4 heteroatoms. The third-order valence-electron chi connectivity index (χ3n) is 2.04. The number of nitrogens with zero attached hydrogens (tertiary/aromatic N) is 1. The standard InChI is InChI=1S/C10H11F2NS.C2H6/c1-8-3-2-4-9(5-8)14-13-6-10(11,12)7-13;1-2/h2-5H,6-7H2,1H3;1-2H3. The Hall–Kier alpha value is -0.610. The highest BCUT2D eigenvalue weighted by atomic mass is 32.2.